The van der Waals surface area contributed by atoms with Crippen LogP contribution in [0.5, 0.6) is 5.75 Å². The first-order valence-corrected chi connectivity index (χ1v) is 4.98. The second kappa shape index (κ2) is 3.55. The van der Waals surface area contributed by atoms with Crippen molar-refractivity contribution in [1.82, 2.24) is 0 Å². The minimum Gasteiger partial charge on any atom is -0.495 e. The summed E-state index contributed by atoms with van der Waals surface area (Å²) in [5, 5.41) is 11.6. The van der Waals surface area contributed by atoms with Gasteiger partial charge in [-0.1, -0.05) is 0 Å². The standard InChI is InChI=1S/C10H9FO2S/c1-13-9-5-14-10-3-8(11)6(4-12)2-7(9)10/h2-3,5,12H,4H2,1H3. The average Bonchev–Trinajstić information content (AvgIpc) is 2.58. The lowest BCUT2D eigenvalue weighted by molar-refractivity contribution is 0.276. The number of benzene rings is 1. The fraction of sp³-hybridized carbons (Fsp3) is 0.200. The van der Waals surface area contributed by atoms with Gasteiger partial charge in [-0.25, -0.2) is 4.39 Å². The second-order valence-corrected chi connectivity index (χ2v) is 3.81. The van der Waals surface area contributed by atoms with Crippen LogP contribution >= 0.6 is 11.3 Å². The van der Waals surface area contributed by atoms with E-state index in [1.165, 1.54) is 17.4 Å². The topological polar surface area (TPSA) is 29.5 Å². The number of methoxy groups -OCH3 is 1. The highest BCUT2D eigenvalue weighted by molar-refractivity contribution is 7.17. The molecule has 0 aliphatic rings. The average molecular weight is 212 g/mol. The SMILES string of the molecule is COc1csc2cc(F)c(CO)cc12. The van der Waals surface area contributed by atoms with E-state index in [4.69, 9.17) is 9.84 Å². The molecule has 2 nitrogen and oxygen atoms in total. The van der Waals surface area contributed by atoms with Crippen LogP contribution in [0.15, 0.2) is 17.5 Å². The molecule has 0 saturated heterocycles. The van der Waals surface area contributed by atoms with Crippen molar-refractivity contribution < 1.29 is 14.2 Å². The van der Waals surface area contributed by atoms with Gasteiger partial charge in [0.2, 0.25) is 0 Å². The normalized spacial score (nSPS) is 10.8. The molecular weight excluding hydrogens is 203 g/mol. The highest BCUT2D eigenvalue weighted by Crippen LogP contribution is 2.33. The Hall–Kier alpha value is -1.13. The van der Waals surface area contributed by atoms with Crippen molar-refractivity contribution in [3.8, 4) is 5.75 Å². The molecule has 0 saturated carbocycles. The molecule has 0 bridgehead atoms. The predicted molar refractivity (Wildman–Crippen MR) is 54.3 cm³/mol. The number of aliphatic hydroxyl groups is 1. The Morgan fingerprint density at radius 3 is 2.93 bits per heavy atom. The van der Waals surface area contributed by atoms with E-state index in [0.717, 1.165) is 15.8 Å². The van der Waals surface area contributed by atoms with E-state index in [1.807, 2.05) is 5.38 Å². The third-order valence-corrected chi connectivity index (χ3v) is 3.02. The van der Waals surface area contributed by atoms with Crippen LogP contribution in [0.1, 0.15) is 5.56 Å². The second-order valence-electron chi connectivity index (χ2n) is 2.90. The van der Waals surface area contributed by atoms with Crippen LogP contribution < -0.4 is 4.74 Å². The number of rotatable bonds is 2. The van der Waals surface area contributed by atoms with Gasteiger partial charge in [0.25, 0.3) is 0 Å². The molecule has 74 valence electrons. The Labute approximate surface area is 84.6 Å². The summed E-state index contributed by atoms with van der Waals surface area (Å²) in [6, 6.07) is 3.05. The maximum absolute atomic E-state index is 13.2. The molecule has 0 atom stereocenters. The molecule has 1 heterocycles. The Morgan fingerprint density at radius 1 is 1.50 bits per heavy atom. The molecule has 4 heteroatoms. The minimum absolute atomic E-state index is 0.291. The van der Waals surface area contributed by atoms with Crippen molar-refractivity contribution in [2.75, 3.05) is 7.11 Å². The van der Waals surface area contributed by atoms with Gasteiger partial charge in [-0.15, -0.1) is 11.3 Å². The van der Waals surface area contributed by atoms with E-state index >= 15 is 0 Å². The first kappa shape index (κ1) is 9.43. The maximum Gasteiger partial charge on any atom is 0.137 e. The van der Waals surface area contributed by atoms with E-state index in [-0.39, 0.29) is 12.4 Å². The van der Waals surface area contributed by atoms with Crippen LogP contribution in [0.25, 0.3) is 10.1 Å². The predicted octanol–water partition coefficient (Wildman–Crippen LogP) is 2.54. The lowest BCUT2D eigenvalue weighted by Crippen LogP contribution is -1.89. The molecule has 1 aromatic heterocycles. The largest absolute Gasteiger partial charge is 0.495 e. The highest BCUT2D eigenvalue weighted by atomic mass is 32.1. The molecule has 0 fully saturated rings. The number of hydrogen-bond donors (Lipinski definition) is 1. The van der Waals surface area contributed by atoms with Crippen molar-refractivity contribution in [3.63, 3.8) is 0 Å². The summed E-state index contributed by atoms with van der Waals surface area (Å²) in [4.78, 5) is 0. The number of ether oxygens (including phenoxy) is 1. The summed E-state index contributed by atoms with van der Waals surface area (Å²) in [7, 11) is 1.57. The number of thiophene rings is 1. The molecule has 0 spiro atoms. The van der Waals surface area contributed by atoms with E-state index in [9.17, 15) is 4.39 Å². The quantitative estimate of drug-likeness (QED) is 0.829. The fourth-order valence-electron chi connectivity index (χ4n) is 1.35. The van der Waals surface area contributed by atoms with Gasteiger partial charge in [0.15, 0.2) is 0 Å². The third-order valence-electron chi connectivity index (χ3n) is 2.10. The summed E-state index contributed by atoms with van der Waals surface area (Å²) in [5.74, 6) is 0.351. The number of aliphatic hydroxyl groups excluding tert-OH is 1. The zero-order chi connectivity index (χ0) is 10.1. The van der Waals surface area contributed by atoms with Crippen molar-refractivity contribution in [2.45, 2.75) is 6.61 Å². The maximum atomic E-state index is 13.2. The van der Waals surface area contributed by atoms with Gasteiger partial charge in [0.05, 0.1) is 13.7 Å². The minimum atomic E-state index is -0.371. The smallest absolute Gasteiger partial charge is 0.137 e. The van der Waals surface area contributed by atoms with Crippen LogP contribution in [0, 0.1) is 5.82 Å². The van der Waals surface area contributed by atoms with Gasteiger partial charge in [-0.3, -0.25) is 0 Å². The monoisotopic (exact) mass is 212 g/mol. The molecule has 0 aliphatic heterocycles. The zero-order valence-corrected chi connectivity index (χ0v) is 8.40. The lowest BCUT2D eigenvalue weighted by atomic mass is 10.1. The van der Waals surface area contributed by atoms with Crippen LogP contribution in [0.2, 0.25) is 0 Å². The summed E-state index contributed by atoms with van der Waals surface area (Å²) in [6.45, 7) is -0.291. The molecule has 0 unspecified atom stereocenters. The number of hydrogen-bond acceptors (Lipinski definition) is 3. The molecule has 1 N–H and O–H groups in total. The van der Waals surface area contributed by atoms with E-state index in [2.05, 4.69) is 0 Å². The van der Waals surface area contributed by atoms with E-state index in [1.54, 1.807) is 13.2 Å². The van der Waals surface area contributed by atoms with E-state index in [0.29, 0.717) is 5.56 Å². The molecule has 2 aromatic rings. The van der Waals surface area contributed by atoms with Crippen molar-refractivity contribution in [2.24, 2.45) is 0 Å². The van der Waals surface area contributed by atoms with Gasteiger partial charge in [-0.05, 0) is 12.1 Å². The third kappa shape index (κ3) is 1.36. The zero-order valence-electron chi connectivity index (χ0n) is 7.58. The molecule has 0 amide bonds. The van der Waals surface area contributed by atoms with Crippen LogP contribution in [-0.2, 0) is 6.61 Å². The van der Waals surface area contributed by atoms with Gasteiger partial charge in [-0.2, -0.15) is 0 Å². The molecule has 0 radical (unpaired) electrons. The molecule has 0 aliphatic carbocycles. The van der Waals surface area contributed by atoms with E-state index < -0.39 is 0 Å². The Morgan fingerprint density at radius 2 is 2.29 bits per heavy atom. The van der Waals surface area contributed by atoms with Crippen molar-refractivity contribution in [3.05, 3.63) is 28.9 Å². The molecule has 1 aromatic carbocycles. The molecule has 14 heavy (non-hydrogen) atoms. The first-order valence-electron chi connectivity index (χ1n) is 4.10. The van der Waals surface area contributed by atoms with Gasteiger partial charge >= 0.3 is 0 Å². The Balaban J connectivity index is 2.70. The lowest BCUT2D eigenvalue weighted by Gasteiger charge is -2.01. The van der Waals surface area contributed by atoms with Crippen molar-refractivity contribution in [1.29, 1.82) is 0 Å². The fourth-order valence-corrected chi connectivity index (χ4v) is 2.26. The number of fused-ring (bicyclic) bond motifs is 1. The molecular formula is C10H9FO2S. The highest BCUT2D eigenvalue weighted by Gasteiger charge is 2.09. The summed E-state index contributed by atoms with van der Waals surface area (Å²) in [6.07, 6.45) is 0. The summed E-state index contributed by atoms with van der Waals surface area (Å²) < 4.78 is 19.2. The van der Waals surface area contributed by atoms with Gasteiger partial charge in [0.1, 0.15) is 11.6 Å². The molecule has 2 rings (SSSR count). The summed E-state index contributed by atoms with van der Waals surface area (Å²) in [5.41, 5.74) is 0.300. The Bertz CT molecular complexity index is 464. The van der Waals surface area contributed by atoms with Crippen LogP contribution in [0.3, 0.4) is 0 Å². The Kier molecular flexibility index (Phi) is 2.39. The van der Waals surface area contributed by atoms with Gasteiger partial charge < -0.3 is 9.84 Å². The summed E-state index contributed by atoms with van der Waals surface area (Å²) >= 11 is 1.43. The first-order chi connectivity index (χ1) is 6.76. The van der Waals surface area contributed by atoms with Crippen LogP contribution in [-0.4, -0.2) is 12.2 Å². The van der Waals surface area contributed by atoms with Crippen molar-refractivity contribution >= 4 is 21.4 Å². The van der Waals surface area contributed by atoms with Gasteiger partial charge in [0, 0.05) is 21.0 Å². The number of halogens is 1. The van der Waals surface area contributed by atoms with Crippen LogP contribution in [0.4, 0.5) is 4.39 Å².